The number of alkyl halides is 2. The molecule has 0 aromatic heterocycles. The highest BCUT2D eigenvalue weighted by molar-refractivity contribution is 6.58. The van der Waals surface area contributed by atoms with Gasteiger partial charge < -0.3 is 15.2 Å². The Bertz CT molecular complexity index is 294. The summed E-state index contributed by atoms with van der Waals surface area (Å²) in [4.78, 5) is 0. The van der Waals surface area contributed by atoms with Crippen LogP contribution in [0.4, 0.5) is 8.78 Å². The zero-order chi connectivity index (χ0) is 10.8. The average molecular weight is 202 g/mol. The molecule has 0 bridgehead atoms. The highest BCUT2D eigenvalue weighted by Crippen LogP contribution is 2.15. The first-order chi connectivity index (χ1) is 6.38. The number of rotatable bonds is 3. The van der Waals surface area contributed by atoms with Crippen LogP contribution in [0.3, 0.4) is 0 Å². The average Bonchev–Trinajstić information content (AvgIpc) is 2.02. The maximum absolute atomic E-state index is 12.1. The predicted octanol–water partition coefficient (Wildman–Crippen LogP) is -0.506. The number of hydrogen-bond acceptors (Lipinski definition) is 3. The molecule has 0 saturated carbocycles. The molecular formula is C8H9BF2O3. The Morgan fingerprint density at radius 1 is 1.14 bits per heavy atom. The van der Waals surface area contributed by atoms with Gasteiger partial charge in [0.25, 0.3) is 0 Å². The first-order valence-corrected chi connectivity index (χ1v) is 3.94. The molecule has 0 spiro atoms. The van der Waals surface area contributed by atoms with E-state index in [4.69, 9.17) is 15.2 Å². The molecule has 0 unspecified atom stereocenters. The molecule has 0 heterocycles. The Morgan fingerprint density at radius 3 is 2.00 bits per heavy atom. The summed E-state index contributed by atoms with van der Waals surface area (Å²) in [6.45, 7) is 0. The molecule has 0 aliphatic heterocycles. The van der Waals surface area contributed by atoms with Gasteiger partial charge in [-0.15, -0.1) is 0 Å². The number of hydrogen-bond donors (Lipinski definition) is 3. The SMILES string of the molecule is OB(O)c1ccc(CC(O)(F)F)cc1. The van der Waals surface area contributed by atoms with E-state index in [1.54, 1.807) is 0 Å². The molecule has 0 saturated heterocycles. The zero-order valence-corrected chi connectivity index (χ0v) is 7.19. The van der Waals surface area contributed by atoms with Crippen LogP contribution in [0.15, 0.2) is 24.3 Å². The fourth-order valence-electron chi connectivity index (χ4n) is 1.05. The molecular weight excluding hydrogens is 193 g/mol. The van der Waals surface area contributed by atoms with Crippen molar-refractivity contribution in [3.63, 3.8) is 0 Å². The van der Waals surface area contributed by atoms with Crippen molar-refractivity contribution in [2.24, 2.45) is 0 Å². The third-order valence-electron chi connectivity index (χ3n) is 1.69. The maximum Gasteiger partial charge on any atom is 0.488 e. The van der Waals surface area contributed by atoms with Crippen molar-refractivity contribution in [2.45, 2.75) is 12.5 Å². The fraction of sp³-hybridized carbons (Fsp3) is 0.250. The van der Waals surface area contributed by atoms with Crippen molar-refractivity contribution in [3.8, 4) is 0 Å². The van der Waals surface area contributed by atoms with Gasteiger partial charge in [0.05, 0.1) is 6.42 Å². The monoisotopic (exact) mass is 202 g/mol. The minimum absolute atomic E-state index is 0.218. The minimum atomic E-state index is -3.74. The molecule has 6 heteroatoms. The molecule has 0 fully saturated rings. The van der Waals surface area contributed by atoms with Gasteiger partial charge in [0.2, 0.25) is 0 Å². The Morgan fingerprint density at radius 2 is 1.64 bits per heavy atom. The van der Waals surface area contributed by atoms with Gasteiger partial charge in [-0.2, -0.15) is 8.78 Å². The summed E-state index contributed by atoms with van der Waals surface area (Å²) in [5.74, 6) is 0. The smallest absolute Gasteiger partial charge is 0.423 e. The van der Waals surface area contributed by atoms with E-state index in [0.717, 1.165) is 0 Å². The number of benzene rings is 1. The summed E-state index contributed by atoms with van der Waals surface area (Å²) in [5.41, 5.74) is 0.442. The van der Waals surface area contributed by atoms with E-state index in [-0.39, 0.29) is 11.0 Å². The molecule has 0 amide bonds. The van der Waals surface area contributed by atoms with Gasteiger partial charge >= 0.3 is 13.2 Å². The normalized spacial score (nSPS) is 11.5. The van der Waals surface area contributed by atoms with Gasteiger partial charge in [-0.05, 0) is 11.0 Å². The highest BCUT2D eigenvalue weighted by Gasteiger charge is 2.24. The van der Waals surface area contributed by atoms with Crippen LogP contribution >= 0.6 is 0 Å². The third-order valence-corrected chi connectivity index (χ3v) is 1.69. The fourth-order valence-corrected chi connectivity index (χ4v) is 1.05. The van der Waals surface area contributed by atoms with Gasteiger partial charge in [0.1, 0.15) is 0 Å². The first-order valence-electron chi connectivity index (χ1n) is 3.94. The minimum Gasteiger partial charge on any atom is -0.423 e. The summed E-state index contributed by atoms with van der Waals surface area (Å²) in [5, 5.41) is 25.6. The van der Waals surface area contributed by atoms with Gasteiger partial charge in [-0.1, -0.05) is 24.3 Å². The van der Waals surface area contributed by atoms with E-state index in [9.17, 15) is 8.78 Å². The maximum atomic E-state index is 12.1. The standard InChI is InChI=1S/C8H9BF2O3/c10-8(11,12)5-6-1-3-7(4-2-6)9(13)14/h1-4,12-14H,5H2. The lowest BCUT2D eigenvalue weighted by atomic mass is 9.80. The Labute approximate surface area is 79.8 Å². The van der Waals surface area contributed by atoms with Crippen LogP contribution in [-0.2, 0) is 6.42 Å². The van der Waals surface area contributed by atoms with E-state index >= 15 is 0 Å². The van der Waals surface area contributed by atoms with Gasteiger partial charge in [-0.25, -0.2) is 0 Å². The van der Waals surface area contributed by atoms with Gasteiger partial charge in [0.15, 0.2) is 0 Å². The summed E-state index contributed by atoms with van der Waals surface area (Å²) >= 11 is 0. The second-order valence-corrected chi connectivity index (χ2v) is 2.96. The Kier molecular flexibility index (Phi) is 3.20. The topological polar surface area (TPSA) is 60.7 Å². The molecule has 0 radical (unpaired) electrons. The highest BCUT2D eigenvalue weighted by atomic mass is 19.3. The lowest BCUT2D eigenvalue weighted by Gasteiger charge is -2.08. The summed E-state index contributed by atoms with van der Waals surface area (Å²) in [6.07, 6.45) is -4.52. The quantitative estimate of drug-likeness (QED) is 0.578. The van der Waals surface area contributed by atoms with E-state index in [1.165, 1.54) is 24.3 Å². The van der Waals surface area contributed by atoms with Crippen molar-refractivity contribution in [1.82, 2.24) is 0 Å². The molecule has 3 nitrogen and oxygen atoms in total. The molecule has 1 aromatic rings. The van der Waals surface area contributed by atoms with Crippen molar-refractivity contribution in [1.29, 1.82) is 0 Å². The van der Waals surface area contributed by atoms with Crippen LogP contribution in [0.1, 0.15) is 5.56 Å². The number of aliphatic hydroxyl groups is 1. The molecule has 1 rings (SSSR count). The largest absolute Gasteiger partial charge is 0.488 e. The molecule has 14 heavy (non-hydrogen) atoms. The lowest BCUT2D eigenvalue weighted by molar-refractivity contribution is -0.196. The van der Waals surface area contributed by atoms with Crippen LogP contribution in [0.25, 0.3) is 0 Å². The molecule has 1 aromatic carbocycles. The van der Waals surface area contributed by atoms with E-state index in [1.807, 2.05) is 0 Å². The first kappa shape index (κ1) is 11.1. The predicted molar refractivity (Wildman–Crippen MR) is 47.1 cm³/mol. The van der Waals surface area contributed by atoms with Crippen LogP contribution in [-0.4, -0.2) is 28.4 Å². The van der Waals surface area contributed by atoms with Crippen molar-refractivity contribution < 1.29 is 23.9 Å². The molecule has 3 N–H and O–H groups in total. The second kappa shape index (κ2) is 4.04. The number of halogens is 2. The third kappa shape index (κ3) is 3.41. The van der Waals surface area contributed by atoms with Crippen molar-refractivity contribution in [2.75, 3.05) is 0 Å². The molecule has 0 atom stereocenters. The Hall–Kier alpha value is -0.975. The van der Waals surface area contributed by atoms with Crippen LogP contribution in [0.5, 0.6) is 0 Å². The summed E-state index contributed by atoms with van der Waals surface area (Å²) < 4.78 is 24.2. The summed E-state index contributed by atoms with van der Waals surface area (Å²) in [7, 11) is -1.61. The van der Waals surface area contributed by atoms with E-state index in [2.05, 4.69) is 0 Å². The van der Waals surface area contributed by atoms with Crippen molar-refractivity contribution in [3.05, 3.63) is 29.8 Å². The van der Waals surface area contributed by atoms with E-state index in [0.29, 0.717) is 0 Å². The Balaban J connectivity index is 2.74. The van der Waals surface area contributed by atoms with Crippen LogP contribution in [0.2, 0.25) is 0 Å². The summed E-state index contributed by atoms with van der Waals surface area (Å²) in [6, 6.07) is 5.23. The van der Waals surface area contributed by atoms with Crippen LogP contribution < -0.4 is 5.46 Å². The molecule has 76 valence electrons. The molecule has 0 aliphatic carbocycles. The van der Waals surface area contributed by atoms with Crippen LogP contribution in [0, 0.1) is 0 Å². The van der Waals surface area contributed by atoms with E-state index < -0.39 is 19.6 Å². The lowest BCUT2D eigenvalue weighted by Crippen LogP contribution is -2.29. The van der Waals surface area contributed by atoms with Crippen molar-refractivity contribution >= 4 is 12.6 Å². The second-order valence-electron chi connectivity index (χ2n) is 2.96. The van der Waals surface area contributed by atoms with Gasteiger partial charge in [0, 0.05) is 0 Å². The van der Waals surface area contributed by atoms with Gasteiger partial charge in [-0.3, -0.25) is 0 Å². The zero-order valence-electron chi connectivity index (χ0n) is 7.19. The molecule has 0 aliphatic rings.